The Morgan fingerprint density at radius 3 is 2.19 bits per heavy atom. The number of hydrogen-bond acceptors (Lipinski definition) is 4. The summed E-state index contributed by atoms with van der Waals surface area (Å²) >= 11 is 0. The highest BCUT2D eigenvalue weighted by Crippen LogP contribution is 2.37. The molecule has 0 aromatic rings. The summed E-state index contributed by atoms with van der Waals surface area (Å²) in [6.45, 7) is 17.5. The zero-order chi connectivity index (χ0) is 20.3. The Kier molecular flexibility index (Phi) is 7.15. The fraction of sp³-hybridized carbons (Fsp3) is 0.889. The third kappa shape index (κ3) is 7.15. The van der Waals surface area contributed by atoms with Crippen LogP contribution in [0.4, 0.5) is 9.59 Å². The van der Waals surface area contributed by atoms with Gasteiger partial charge in [0.2, 0.25) is 0 Å². The molecule has 8 heteroatoms. The maximum atomic E-state index is 12.0. The first-order valence-corrected chi connectivity index (χ1v) is 12.1. The minimum absolute atomic E-state index is 0.0499. The number of hydrogen-bond donors (Lipinski definition) is 2. The van der Waals surface area contributed by atoms with E-state index < -0.39 is 26.1 Å². The SMILES string of the molecule is CC(C)(C)OC(=O)NC1CC(CO[Si](C)(C)C(C)(C)C)CN(C(=O)O)C1. The lowest BCUT2D eigenvalue weighted by atomic mass is 9.95. The third-order valence-corrected chi connectivity index (χ3v) is 9.52. The minimum atomic E-state index is -1.90. The van der Waals surface area contributed by atoms with Gasteiger partial charge in [0.05, 0.1) is 6.04 Å². The highest BCUT2D eigenvalue weighted by molar-refractivity contribution is 6.74. The number of rotatable bonds is 4. The first-order valence-electron chi connectivity index (χ1n) is 9.22. The van der Waals surface area contributed by atoms with Crippen LogP contribution >= 0.6 is 0 Å². The van der Waals surface area contributed by atoms with Crippen molar-refractivity contribution < 1.29 is 23.9 Å². The topological polar surface area (TPSA) is 88.1 Å². The van der Waals surface area contributed by atoms with Gasteiger partial charge in [-0.05, 0) is 45.3 Å². The normalized spacial score (nSPS) is 22.1. The van der Waals surface area contributed by atoms with Crippen LogP contribution in [-0.4, -0.2) is 61.8 Å². The molecule has 152 valence electrons. The van der Waals surface area contributed by atoms with E-state index in [4.69, 9.17) is 9.16 Å². The molecule has 2 atom stereocenters. The van der Waals surface area contributed by atoms with Crippen molar-refractivity contribution in [3.63, 3.8) is 0 Å². The van der Waals surface area contributed by atoms with Crippen molar-refractivity contribution in [3.8, 4) is 0 Å². The van der Waals surface area contributed by atoms with E-state index in [9.17, 15) is 14.7 Å². The van der Waals surface area contributed by atoms with E-state index in [0.29, 0.717) is 19.6 Å². The van der Waals surface area contributed by atoms with E-state index in [0.717, 1.165) is 0 Å². The molecule has 0 bridgehead atoms. The van der Waals surface area contributed by atoms with E-state index in [-0.39, 0.29) is 23.5 Å². The van der Waals surface area contributed by atoms with Gasteiger partial charge < -0.3 is 24.5 Å². The Labute approximate surface area is 158 Å². The van der Waals surface area contributed by atoms with Crippen molar-refractivity contribution in [2.45, 2.75) is 77.7 Å². The molecule has 1 fully saturated rings. The second-order valence-electron chi connectivity index (χ2n) is 9.70. The highest BCUT2D eigenvalue weighted by Gasteiger charge is 2.39. The van der Waals surface area contributed by atoms with Crippen molar-refractivity contribution >= 4 is 20.5 Å². The number of alkyl carbamates (subject to hydrolysis) is 1. The minimum Gasteiger partial charge on any atom is -0.465 e. The van der Waals surface area contributed by atoms with Crippen molar-refractivity contribution in [2.24, 2.45) is 5.92 Å². The molecule has 1 saturated heterocycles. The molecule has 1 aliphatic rings. The number of likely N-dealkylation sites (tertiary alicyclic amines) is 1. The highest BCUT2D eigenvalue weighted by atomic mass is 28.4. The summed E-state index contributed by atoms with van der Waals surface area (Å²) in [6.07, 6.45) is -0.811. The van der Waals surface area contributed by atoms with Gasteiger partial charge in [0.15, 0.2) is 8.32 Å². The van der Waals surface area contributed by atoms with Crippen LogP contribution in [0.2, 0.25) is 18.1 Å². The number of carboxylic acid groups (broad SMARTS) is 1. The Morgan fingerprint density at radius 2 is 1.73 bits per heavy atom. The standard InChI is InChI=1S/C18H36N2O5Si/c1-17(2,3)25-15(21)19-14-9-13(10-20(11-14)16(22)23)12-24-26(7,8)18(4,5)6/h13-14H,9-12H2,1-8H3,(H,19,21)(H,22,23). The van der Waals surface area contributed by atoms with Gasteiger partial charge >= 0.3 is 12.2 Å². The maximum absolute atomic E-state index is 12.0. The molecule has 1 rings (SSSR count). The van der Waals surface area contributed by atoms with E-state index >= 15 is 0 Å². The van der Waals surface area contributed by atoms with Gasteiger partial charge in [-0.2, -0.15) is 0 Å². The van der Waals surface area contributed by atoms with Crippen molar-refractivity contribution in [1.29, 1.82) is 0 Å². The molecule has 2 unspecified atom stereocenters. The molecule has 0 aromatic heterocycles. The molecule has 0 aliphatic carbocycles. The van der Waals surface area contributed by atoms with Crippen molar-refractivity contribution in [2.75, 3.05) is 19.7 Å². The zero-order valence-electron chi connectivity index (χ0n) is 17.5. The average molecular weight is 389 g/mol. The van der Waals surface area contributed by atoms with Gasteiger partial charge in [-0.25, -0.2) is 9.59 Å². The van der Waals surface area contributed by atoms with E-state index in [2.05, 4.69) is 39.2 Å². The Hall–Kier alpha value is -1.28. The summed E-state index contributed by atoms with van der Waals surface area (Å²) in [7, 11) is -1.90. The number of carbonyl (C=O) groups excluding carboxylic acids is 1. The van der Waals surface area contributed by atoms with Crippen LogP contribution in [0.3, 0.4) is 0 Å². The van der Waals surface area contributed by atoms with Crippen molar-refractivity contribution in [1.82, 2.24) is 10.2 Å². The second-order valence-corrected chi connectivity index (χ2v) is 14.5. The molecule has 1 heterocycles. The predicted octanol–water partition coefficient (Wildman–Crippen LogP) is 3.90. The van der Waals surface area contributed by atoms with Crippen molar-refractivity contribution in [3.05, 3.63) is 0 Å². The summed E-state index contributed by atoms with van der Waals surface area (Å²) in [5.74, 6) is 0.0499. The summed E-state index contributed by atoms with van der Waals surface area (Å²) < 4.78 is 11.6. The Bertz CT molecular complexity index is 511. The molecule has 1 aliphatic heterocycles. The van der Waals surface area contributed by atoms with Crippen LogP contribution in [0.5, 0.6) is 0 Å². The fourth-order valence-corrected chi connectivity index (χ4v) is 3.69. The molecule has 0 radical (unpaired) electrons. The summed E-state index contributed by atoms with van der Waals surface area (Å²) in [4.78, 5) is 24.9. The molecule has 0 aromatic carbocycles. The van der Waals surface area contributed by atoms with Gasteiger partial charge in [0.25, 0.3) is 0 Å². The first kappa shape index (κ1) is 22.8. The van der Waals surface area contributed by atoms with Gasteiger partial charge in [0, 0.05) is 25.6 Å². The van der Waals surface area contributed by atoms with Gasteiger partial charge in [-0.3, -0.25) is 0 Å². The Morgan fingerprint density at radius 1 is 1.15 bits per heavy atom. The molecule has 2 N–H and O–H groups in total. The van der Waals surface area contributed by atoms with Crippen LogP contribution in [0.25, 0.3) is 0 Å². The predicted molar refractivity (Wildman–Crippen MR) is 104 cm³/mol. The monoisotopic (exact) mass is 388 g/mol. The molecule has 0 saturated carbocycles. The zero-order valence-corrected chi connectivity index (χ0v) is 18.5. The number of carbonyl (C=O) groups is 2. The number of piperidine rings is 1. The van der Waals surface area contributed by atoms with Gasteiger partial charge in [0.1, 0.15) is 5.60 Å². The average Bonchev–Trinajstić information content (AvgIpc) is 2.41. The fourth-order valence-electron chi connectivity index (χ4n) is 2.60. The second kappa shape index (κ2) is 8.16. The smallest absolute Gasteiger partial charge is 0.407 e. The van der Waals surface area contributed by atoms with Crippen LogP contribution in [0.1, 0.15) is 48.0 Å². The van der Waals surface area contributed by atoms with E-state index in [1.54, 1.807) is 20.8 Å². The molecular weight excluding hydrogens is 352 g/mol. The van der Waals surface area contributed by atoms with E-state index in [1.165, 1.54) is 4.90 Å². The lowest BCUT2D eigenvalue weighted by Crippen LogP contribution is -2.54. The lowest BCUT2D eigenvalue weighted by Gasteiger charge is -2.40. The van der Waals surface area contributed by atoms with Crippen LogP contribution in [0.15, 0.2) is 0 Å². The van der Waals surface area contributed by atoms with Gasteiger partial charge in [-0.1, -0.05) is 20.8 Å². The lowest BCUT2D eigenvalue weighted by molar-refractivity contribution is 0.0419. The Balaban J connectivity index is 2.72. The van der Waals surface area contributed by atoms with E-state index in [1.807, 2.05) is 0 Å². The molecular formula is C18H36N2O5Si. The van der Waals surface area contributed by atoms with Crippen LogP contribution in [0, 0.1) is 5.92 Å². The summed E-state index contributed by atoms with van der Waals surface area (Å²) in [5.41, 5.74) is -0.587. The number of amides is 2. The molecule has 0 spiro atoms. The summed E-state index contributed by atoms with van der Waals surface area (Å²) in [5, 5.41) is 12.3. The molecule has 2 amide bonds. The number of ether oxygens (including phenoxy) is 1. The van der Waals surface area contributed by atoms with Gasteiger partial charge in [-0.15, -0.1) is 0 Å². The molecule has 26 heavy (non-hydrogen) atoms. The maximum Gasteiger partial charge on any atom is 0.407 e. The quantitative estimate of drug-likeness (QED) is 0.713. The first-order chi connectivity index (χ1) is 11.6. The third-order valence-electron chi connectivity index (χ3n) is 5.01. The number of nitrogens with zero attached hydrogens (tertiary/aromatic N) is 1. The van der Waals surface area contributed by atoms with Crippen LogP contribution < -0.4 is 5.32 Å². The van der Waals surface area contributed by atoms with Crippen LogP contribution in [-0.2, 0) is 9.16 Å². The molecule has 7 nitrogen and oxygen atoms in total. The summed E-state index contributed by atoms with van der Waals surface area (Å²) in [6, 6.07) is -0.275. The largest absolute Gasteiger partial charge is 0.465 e. The number of nitrogens with one attached hydrogen (secondary N) is 1.